The summed E-state index contributed by atoms with van der Waals surface area (Å²) in [5, 5.41) is 0. The molecule has 0 spiro atoms. The minimum atomic E-state index is -0.361. The highest BCUT2D eigenvalue weighted by molar-refractivity contribution is 6.21. The highest BCUT2D eigenvalue weighted by Crippen LogP contribution is 2.37. The maximum Gasteiger partial charge on any atom is 0.194 e. The van der Waals surface area contributed by atoms with E-state index in [4.69, 9.17) is 0 Å². The molecule has 0 unspecified atom stereocenters. The van der Waals surface area contributed by atoms with Gasteiger partial charge >= 0.3 is 0 Å². The molecule has 0 fully saturated rings. The largest absolute Gasteiger partial charge is 0.289 e. The molecule has 0 saturated heterocycles. The zero-order valence-electron chi connectivity index (χ0n) is 9.46. The van der Waals surface area contributed by atoms with Crippen LogP contribution in [0.5, 0.6) is 0 Å². The predicted octanol–water partition coefficient (Wildman–Crippen LogP) is 3.60. The van der Waals surface area contributed by atoms with Crippen molar-refractivity contribution in [2.45, 2.75) is 13.3 Å². The Hall–Kier alpha value is -1.96. The summed E-state index contributed by atoms with van der Waals surface area (Å²) < 4.78 is 13.2. The molecule has 0 aliphatic heterocycles. The third-order valence-electron chi connectivity index (χ3n) is 3.25. The van der Waals surface area contributed by atoms with E-state index in [1.54, 1.807) is 6.07 Å². The van der Waals surface area contributed by atoms with Crippen LogP contribution in [0.1, 0.15) is 28.4 Å². The van der Waals surface area contributed by atoms with Gasteiger partial charge in [-0.2, -0.15) is 0 Å². The van der Waals surface area contributed by atoms with Crippen molar-refractivity contribution in [3.8, 4) is 11.1 Å². The summed E-state index contributed by atoms with van der Waals surface area (Å²) in [6, 6.07) is 10.3. The minimum absolute atomic E-state index is 0.0650. The van der Waals surface area contributed by atoms with Crippen molar-refractivity contribution in [1.82, 2.24) is 0 Å². The van der Waals surface area contributed by atoms with Gasteiger partial charge in [-0.3, -0.25) is 4.79 Å². The number of hydrogen-bond acceptors (Lipinski definition) is 1. The number of fused-ring (bicyclic) bond motifs is 3. The smallest absolute Gasteiger partial charge is 0.194 e. The Labute approximate surface area is 98.9 Å². The fraction of sp³-hybridized carbons (Fsp3) is 0.133. The van der Waals surface area contributed by atoms with Gasteiger partial charge in [0, 0.05) is 11.1 Å². The Bertz CT molecular complexity index is 629. The molecule has 3 rings (SSSR count). The normalized spacial score (nSPS) is 12.5. The van der Waals surface area contributed by atoms with Crippen molar-refractivity contribution in [2.75, 3.05) is 0 Å². The van der Waals surface area contributed by atoms with Gasteiger partial charge in [-0.1, -0.05) is 25.1 Å². The summed E-state index contributed by atoms with van der Waals surface area (Å²) in [5.41, 5.74) is 4.07. The Morgan fingerprint density at radius 3 is 2.29 bits per heavy atom. The number of ketones is 1. The molecule has 0 aromatic heterocycles. The van der Waals surface area contributed by atoms with Crippen molar-refractivity contribution >= 4 is 5.78 Å². The van der Waals surface area contributed by atoms with Gasteiger partial charge < -0.3 is 0 Å². The van der Waals surface area contributed by atoms with Crippen molar-refractivity contribution < 1.29 is 9.18 Å². The van der Waals surface area contributed by atoms with Gasteiger partial charge in [0.15, 0.2) is 5.78 Å². The summed E-state index contributed by atoms with van der Waals surface area (Å²) in [6.45, 7) is 2.05. The molecule has 0 N–H and O–H groups in total. The quantitative estimate of drug-likeness (QED) is 0.619. The second-order valence-electron chi connectivity index (χ2n) is 4.25. The molecule has 1 aliphatic rings. The lowest BCUT2D eigenvalue weighted by Crippen LogP contribution is -1.96. The van der Waals surface area contributed by atoms with Crippen LogP contribution < -0.4 is 0 Å². The third-order valence-corrected chi connectivity index (χ3v) is 3.25. The number of halogens is 1. The number of benzene rings is 2. The van der Waals surface area contributed by atoms with Gasteiger partial charge in [0.1, 0.15) is 5.82 Å². The molecule has 0 saturated carbocycles. The molecule has 0 atom stereocenters. The molecule has 2 heteroatoms. The van der Waals surface area contributed by atoms with Crippen LogP contribution >= 0.6 is 0 Å². The number of carbonyl (C=O) groups excluding carboxylic acids is 1. The van der Waals surface area contributed by atoms with Gasteiger partial charge in [0.05, 0.1) is 0 Å². The molecule has 0 heterocycles. The van der Waals surface area contributed by atoms with E-state index in [-0.39, 0.29) is 11.6 Å². The molecule has 2 aromatic rings. The first-order valence-electron chi connectivity index (χ1n) is 5.68. The highest BCUT2D eigenvalue weighted by Gasteiger charge is 2.26. The first-order valence-corrected chi connectivity index (χ1v) is 5.68. The van der Waals surface area contributed by atoms with Crippen molar-refractivity contribution in [3.63, 3.8) is 0 Å². The summed E-state index contributed by atoms with van der Waals surface area (Å²) in [6.07, 6.45) is 0.894. The van der Waals surface area contributed by atoms with Crippen LogP contribution in [0.15, 0.2) is 36.4 Å². The van der Waals surface area contributed by atoms with E-state index in [9.17, 15) is 9.18 Å². The molecular weight excluding hydrogens is 215 g/mol. The van der Waals surface area contributed by atoms with Crippen LogP contribution in [0, 0.1) is 5.82 Å². The lowest BCUT2D eigenvalue weighted by atomic mass is 10.0. The molecule has 84 valence electrons. The highest BCUT2D eigenvalue weighted by atomic mass is 19.1. The number of rotatable bonds is 1. The first kappa shape index (κ1) is 10.2. The van der Waals surface area contributed by atoms with Gasteiger partial charge in [0.2, 0.25) is 0 Å². The molecule has 0 bridgehead atoms. The van der Waals surface area contributed by atoms with E-state index in [0.717, 1.165) is 23.1 Å². The Morgan fingerprint density at radius 2 is 1.59 bits per heavy atom. The second kappa shape index (κ2) is 3.52. The molecule has 1 nitrogen and oxygen atoms in total. The standard InChI is InChI=1S/C15H11FO/c1-2-9-3-5-11-12-6-4-10(16)8-14(12)15(17)13(11)7-9/h3-8H,2H2,1H3. The van der Waals surface area contributed by atoms with E-state index in [2.05, 4.69) is 0 Å². The first-order chi connectivity index (χ1) is 8.20. The molecule has 1 aliphatic carbocycles. The van der Waals surface area contributed by atoms with Gasteiger partial charge in [-0.05, 0) is 41.3 Å². The zero-order chi connectivity index (χ0) is 12.0. The predicted molar refractivity (Wildman–Crippen MR) is 64.6 cm³/mol. The van der Waals surface area contributed by atoms with Crippen LogP contribution in [0.4, 0.5) is 4.39 Å². The van der Waals surface area contributed by atoms with Crippen molar-refractivity contribution in [1.29, 1.82) is 0 Å². The fourth-order valence-corrected chi connectivity index (χ4v) is 2.32. The average Bonchev–Trinajstić information content (AvgIpc) is 2.62. The number of hydrogen-bond donors (Lipinski definition) is 0. The summed E-state index contributed by atoms with van der Waals surface area (Å²) in [4.78, 5) is 12.1. The third kappa shape index (κ3) is 1.41. The lowest BCUT2D eigenvalue weighted by Gasteiger charge is -2.01. The number of aryl methyl sites for hydroxylation is 1. The van der Waals surface area contributed by atoms with Crippen LogP contribution in [-0.4, -0.2) is 5.78 Å². The number of carbonyl (C=O) groups is 1. The maximum atomic E-state index is 13.2. The van der Waals surface area contributed by atoms with E-state index in [1.165, 1.54) is 12.1 Å². The van der Waals surface area contributed by atoms with Gasteiger partial charge in [-0.15, -0.1) is 0 Å². The van der Waals surface area contributed by atoms with Crippen molar-refractivity contribution in [3.05, 3.63) is 58.9 Å². The van der Waals surface area contributed by atoms with Crippen LogP contribution in [0.2, 0.25) is 0 Å². The lowest BCUT2D eigenvalue weighted by molar-refractivity contribution is 0.104. The van der Waals surface area contributed by atoms with Gasteiger partial charge in [-0.25, -0.2) is 4.39 Å². The van der Waals surface area contributed by atoms with Crippen molar-refractivity contribution in [2.24, 2.45) is 0 Å². The molecule has 0 radical (unpaired) electrons. The molecule has 2 aromatic carbocycles. The maximum absolute atomic E-state index is 13.2. The topological polar surface area (TPSA) is 17.1 Å². The second-order valence-corrected chi connectivity index (χ2v) is 4.25. The molecule has 17 heavy (non-hydrogen) atoms. The van der Waals surface area contributed by atoms with E-state index >= 15 is 0 Å². The van der Waals surface area contributed by atoms with Gasteiger partial charge in [0.25, 0.3) is 0 Å². The molecular formula is C15H11FO. The van der Waals surface area contributed by atoms with E-state index < -0.39 is 0 Å². The van der Waals surface area contributed by atoms with Crippen LogP contribution in [-0.2, 0) is 6.42 Å². The Kier molecular flexibility index (Phi) is 2.11. The van der Waals surface area contributed by atoms with E-state index in [0.29, 0.717) is 11.1 Å². The van der Waals surface area contributed by atoms with Crippen LogP contribution in [0.3, 0.4) is 0 Å². The monoisotopic (exact) mass is 226 g/mol. The van der Waals surface area contributed by atoms with Crippen LogP contribution in [0.25, 0.3) is 11.1 Å². The summed E-state index contributed by atoms with van der Waals surface area (Å²) in [5.74, 6) is -0.426. The Balaban J connectivity index is 2.27. The summed E-state index contributed by atoms with van der Waals surface area (Å²) >= 11 is 0. The zero-order valence-corrected chi connectivity index (χ0v) is 9.46. The summed E-state index contributed by atoms with van der Waals surface area (Å²) in [7, 11) is 0. The SMILES string of the molecule is CCc1ccc2c(c1)C(=O)c1cc(F)ccc1-2. The molecule has 0 amide bonds. The fourth-order valence-electron chi connectivity index (χ4n) is 2.32. The van der Waals surface area contributed by atoms with E-state index in [1.807, 2.05) is 25.1 Å². The Morgan fingerprint density at radius 1 is 0.941 bits per heavy atom. The minimum Gasteiger partial charge on any atom is -0.289 e. The average molecular weight is 226 g/mol.